The number of hydrogen-bond donors (Lipinski definition) is 3. The van der Waals surface area contributed by atoms with Crippen molar-refractivity contribution in [3.8, 4) is 0 Å². The summed E-state index contributed by atoms with van der Waals surface area (Å²) in [5, 5.41) is 18.1. The lowest BCUT2D eigenvalue weighted by Crippen LogP contribution is -2.42. The van der Waals surface area contributed by atoms with Gasteiger partial charge >= 0.3 is 0 Å². The van der Waals surface area contributed by atoms with Gasteiger partial charge in [-0.2, -0.15) is 4.72 Å². The topological polar surface area (TPSA) is 135 Å². The van der Waals surface area contributed by atoms with E-state index in [-0.39, 0.29) is 15.5 Å². The molecule has 0 bridgehead atoms. The molecule has 1 unspecified atom stereocenters. The van der Waals surface area contributed by atoms with E-state index in [9.17, 15) is 8.42 Å². The van der Waals surface area contributed by atoms with Crippen LogP contribution in [0, 0.1) is 0 Å². The third-order valence-electron chi connectivity index (χ3n) is 1.88. The van der Waals surface area contributed by atoms with E-state index in [1.165, 1.54) is 14.0 Å². The summed E-state index contributed by atoms with van der Waals surface area (Å²) in [5.41, 5.74) is 5.28. The van der Waals surface area contributed by atoms with Crippen molar-refractivity contribution in [2.45, 2.75) is 18.0 Å². The second-order valence-corrected chi connectivity index (χ2v) is 5.56. The molecule has 9 nitrogen and oxygen atoms in total. The molecule has 1 rings (SSSR count). The molecule has 1 aromatic heterocycles. The molecule has 96 valence electrons. The monoisotopic (exact) mass is 326 g/mol. The largest absolute Gasteiger partial charge is 0.409 e. The molecule has 0 spiro atoms. The van der Waals surface area contributed by atoms with Gasteiger partial charge in [0.2, 0.25) is 5.03 Å². The maximum absolute atomic E-state index is 11.9. The molecule has 1 heterocycles. The van der Waals surface area contributed by atoms with Crippen LogP contribution in [0.15, 0.2) is 14.8 Å². The van der Waals surface area contributed by atoms with Crippen molar-refractivity contribution in [2.24, 2.45) is 17.9 Å². The highest BCUT2D eigenvalue weighted by atomic mass is 79.9. The lowest BCUT2D eigenvalue weighted by molar-refractivity contribution is 0.316. The van der Waals surface area contributed by atoms with Gasteiger partial charge in [0.25, 0.3) is 10.0 Å². The molecule has 0 aliphatic carbocycles. The van der Waals surface area contributed by atoms with Crippen molar-refractivity contribution in [3.05, 3.63) is 4.60 Å². The fourth-order valence-corrected chi connectivity index (χ4v) is 3.36. The summed E-state index contributed by atoms with van der Waals surface area (Å²) >= 11 is 2.97. The van der Waals surface area contributed by atoms with Gasteiger partial charge in [0.1, 0.15) is 0 Å². The highest BCUT2D eigenvalue weighted by Crippen LogP contribution is 2.17. The number of rotatable bonds is 4. The summed E-state index contributed by atoms with van der Waals surface area (Å²) in [6.07, 6.45) is 0. The van der Waals surface area contributed by atoms with Crippen LogP contribution in [0.4, 0.5) is 0 Å². The van der Waals surface area contributed by atoms with Crippen molar-refractivity contribution >= 4 is 31.8 Å². The first-order valence-electron chi connectivity index (χ1n) is 4.34. The van der Waals surface area contributed by atoms with Crippen LogP contribution in [0.2, 0.25) is 0 Å². The Bertz CT molecular complexity index is 518. The molecule has 0 amide bonds. The fraction of sp³-hybridized carbons (Fsp3) is 0.500. The van der Waals surface area contributed by atoms with E-state index in [0.717, 1.165) is 4.68 Å². The maximum atomic E-state index is 11.9. The minimum Gasteiger partial charge on any atom is -0.409 e. The Morgan fingerprint density at radius 1 is 1.71 bits per heavy atom. The Morgan fingerprint density at radius 2 is 2.29 bits per heavy atom. The van der Waals surface area contributed by atoms with Gasteiger partial charge in [0.05, 0.1) is 6.04 Å². The van der Waals surface area contributed by atoms with Crippen molar-refractivity contribution in [1.82, 2.24) is 19.7 Å². The Balaban J connectivity index is 3.06. The molecule has 4 N–H and O–H groups in total. The van der Waals surface area contributed by atoms with E-state index in [2.05, 4.69) is 36.1 Å². The quantitative estimate of drug-likeness (QED) is 0.281. The molecule has 17 heavy (non-hydrogen) atoms. The van der Waals surface area contributed by atoms with Crippen LogP contribution in [0.3, 0.4) is 0 Å². The van der Waals surface area contributed by atoms with Crippen LogP contribution in [0.25, 0.3) is 0 Å². The summed E-state index contributed by atoms with van der Waals surface area (Å²) in [7, 11) is -2.43. The summed E-state index contributed by atoms with van der Waals surface area (Å²) in [4.78, 5) is 0. The van der Waals surface area contributed by atoms with E-state index >= 15 is 0 Å². The highest BCUT2D eigenvalue weighted by molar-refractivity contribution is 9.10. The highest BCUT2D eigenvalue weighted by Gasteiger charge is 2.26. The smallest absolute Gasteiger partial charge is 0.261 e. The average molecular weight is 327 g/mol. The van der Waals surface area contributed by atoms with Gasteiger partial charge in [0, 0.05) is 7.05 Å². The number of hydrogen-bond acceptors (Lipinski definition) is 6. The van der Waals surface area contributed by atoms with Crippen molar-refractivity contribution in [1.29, 1.82) is 0 Å². The van der Waals surface area contributed by atoms with Crippen molar-refractivity contribution in [2.75, 3.05) is 0 Å². The second kappa shape index (κ2) is 4.98. The number of oxime groups is 1. The zero-order valence-corrected chi connectivity index (χ0v) is 11.4. The van der Waals surface area contributed by atoms with Crippen LogP contribution in [-0.4, -0.2) is 40.5 Å². The molecular weight excluding hydrogens is 316 g/mol. The molecule has 0 saturated carbocycles. The second-order valence-electron chi connectivity index (χ2n) is 3.18. The number of amidine groups is 1. The first kappa shape index (κ1) is 13.9. The van der Waals surface area contributed by atoms with Gasteiger partial charge in [-0.15, -0.1) is 5.10 Å². The number of aromatic nitrogens is 3. The van der Waals surface area contributed by atoms with E-state index in [0.29, 0.717) is 0 Å². The molecule has 0 aliphatic rings. The van der Waals surface area contributed by atoms with Gasteiger partial charge in [-0.25, -0.2) is 13.1 Å². The Kier molecular flexibility index (Phi) is 4.06. The standard InChI is InChI=1S/C6H11BrN6O3S/c1-3(5(8)10-14)11-17(15,16)6-4(7)9-12-13(6)2/h3,11,14H,1-2H3,(H2,8,10). The van der Waals surface area contributed by atoms with Crippen LogP contribution >= 0.6 is 15.9 Å². The molecular formula is C6H11BrN6O3S. The number of nitrogens with one attached hydrogen (secondary N) is 1. The minimum atomic E-state index is -3.86. The number of halogens is 1. The first-order chi connectivity index (χ1) is 7.79. The zero-order valence-electron chi connectivity index (χ0n) is 8.99. The van der Waals surface area contributed by atoms with E-state index in [4.69, 9.17) is 10.9 Å². The number of nitrogens with zero attached hydrogens (tertiary/aromatic N) is 4. The molecule has 1 atom stereocenters. The predicted molar refractivity (Wildman–Crippen MR) is 61.9 cm³/mol. The molecule has 0 radical (unpaired) electrons. The van der Waals surface area contributed by atoms with Crippen molar-refractivity contribution < 1.29 is 13.6 Å². The number of sulfonamides is 1. The van der Waals surface area contributed by atoms with Crippen LogP contribution in [-0.2, 0) is 17.1 Å². The van der Waals surface area contributed by atoms with Crippen LogP contribution < -0.4 is 10.5 Å². The number of nitrogens with two attached hydrogens (primary N) is 1. The summed E-state index contributed by atoms with van der Waals surface area (Å²) in [6.45, 7) is 1.43. The first-order valence-corrected chi connectivity index (χ1v) is 6.62. The third kappa shape index (κ3) is 2.92. The van der Waals surface area contributed by atoms with Crippen molar-refractivity contribution in [3.63, 3.8) is 0 Å². The van der Waals surface area contributed by atoms with Gasteiger partial charge in [0.15, 0.2) is 10.4 Å². The number of aryl methyl sites for hydroxylation is 1. The van der Waals surface area contributed by atoms with E-state index < -0.39 is 16.1 Å². The Labute approximate surface area is 106 Å². The molecule has 0 saturated heterocycles. The van der Waals surface area contributed by atoms with Gasteiger partial charge < -0.3 is 10.9 Å². The SMILES string of the molecule is CC(NS(=O)(=O)c1c(Br)nnn1C)C(N)=NO. The normalized spacial score (nSPS) is 14.9. The van der Waals surface area contributed by atoms with E-state index in [1.54, 1.807) is 0 Å². The molecule has 0 fully saturated rings. The predicted octanol–water partition coefficient (Wildman–Crippen LogP) is -1.01. The lowest BCUT2D eigenvalue weighted by Gasteiger charge is -2.12. The van der Waals surface area contributed by atoms with Crippen LogP contribution in [0.5, 0.6) is 0 Å². The molecule has 0 aliphatic heterocycles. The summed E-state index contributed by atoms with van der Waals surface area (Å²) in [6, 6.07) is -0.855. The molecule has 0 aromatic carbocycles. The zero-order chi connectivity index (χ0) is 13.2. The fourth-order valence-electron chi connectivity index (χ4n) is 1.04. The van der Waals surface area contributed by atoms with Gasteiger partial charge in [-0.3, -0.25) is 0 Å². The summed E-state index contributed by atoms with van der Waals surface area (Å²) in [5.74, 6) is -0.250. The summed E-state index contributed by atoms with van der Waals surface area (Å²) < 4.78 is 27.3. The molecule has 1 aromatic rings. The third-order valence-corrected chi connectivity index (χ3v) is 4.31. The van der Waals surface area contributed by atoms with Crippen LogP contribution in [0.1, 0.15) is 6.92 Å². The van der Waals surface area contributed by atoms with Gasteiger partial charge in [-0.1, -0.05) is 10.4 Å². The average Bonchev–Trinajstić information content (AvgIpc) is 2.57. The Morgan fingerprint density at radius 3 is 2.71 bits per heavy atom. The minimum absolute atomic E-state index is 0.0826. The van der Waals surface area contributed by atoms with Gasteiger partial charge in [-0.05, 0) is 22.9 Å². The lowest BCUT2D eigenvalue weighted by atomic mass is 10.3. The maximum Gasteiger partial charge on any atom is 0.261 e. The van der Waals surface area contributed by atoms with E-state index in [1.807, 2.05) is 0 Å². The molecule has 11 heteroatoms. The Hall–Kier alpha value is -1.20.